The summed E-state index contributed by atoms with van der Waals surface area (Å²) in [5.41, 5.74) is 8.15. The van der Waals surface area contributed by atoms with Crippen LogP contribution in [0.15, 0.2) is 46.8 Å². The van der Waals surface area contributed by atoms with Gasteiger partial charge in [0.25, 0.3) is 0 Å². The Balaban J connectivity index is 1.56. The second-order valence-electron chi connectivity index (χ2n) is 5.00. The molecule has 1 heterocycles. The summed E-state index contributed by atoms with van der Waals surface area (Å²) < 4.78 is 7.27. The molecule has 0 saturated heterocycles. The topological polar surface area (TPSA) is 77.2 Å². The van der Waals surface area contributed by atoms with Crippen LogP contribution in [0.25, 0.3) is 10.2 Å². The molecule has 5 nitrogen and oxygen atoms in total. The molecule has 0 aliphatic rings. The van der Waals surface area contributed by atoms with Crippen LogP contribution in [0.5, 0.6) is 5.75 Å². The van der Waals surface area contributed by atoms with Gasteiger partial charge < -0.3 is 15.8 Å². The number of nitrogens with one attached hydrogen (secondary N) is 1. The van der Waals surface area contributed by atoms with E-state index in [1.807, 2.05) is 49.4 Å². The highest BCUT2D eigenvalue weighted by Gasteiger charge is 2.08. The van der Waals surface area contributed by atoms with E-state index in [4.69, 9.17) is 10.5 Å². The molecule has 3 rings (SSSR count). The average Bonchev–Trinajstić information content (AvgIpc) is 2.97. The number of rotatable bonds is 6. The Labute approximate surface area is 148 Å². The summed E-state index contributed by atoms with van der Waals surface area (Å²) in [4.78, 5) is 16.6. The first kappa shape index (κ1) is 16.6. The number of benzene rings is 2. The van der Waals surface area contributed by atoms with Crippen LogP contribution in [0, 0.1) is 0 Å². The van der Waals surface area contributed by atoms with Crippen molar-refractivity contribution in [3.05, 3.63) is 42.5 Å². The Morgan fingerprint density at radius 2 is 2.08 bits per heavy atom. The lowest BCUT2D eigenvalue weighted by Crippen LogP contribution is -2.13. The second kappa shape index (κ2) is 7.55. The summed E-state index contributed by atoms with van der Waals surface area (Å²) in [6.45, 7) is 2.56. The number of carbonyl (C=O) groups excluding carboxylic acids is 1. The first-order chi connectivity index (χ1) is 11.6. The van der Waals surface area contributed by atoms with E-state index in [-0.39, 0.29) is 5.91 Å². The largest absolute Gasteiger partial charge is 0.494 e. The molecule has 7 heteroatoms. The quantitative estimate of drug-likeness (QED) is 0.514. The highest BCUT2D eigenvalue weighted by atomic mass is 32.2. The minimum absolute atomic E-state index is 0.0667. The van der Waals surface area contributed by atoms with Gasteiger partial charge in [0.1, 0.15) is 5.75 Å². The molecule has 0 saturated carbocycles. The van der Waals surface area contributed by atoms with Crippen LogP contribution in [0.4, 0.5) is 11.4 Å². The third-order valence-electron chi connectivity index (χ3n) is 3.17. The Morgan fingerprint density at radius 3 is 2.83 bits per heavy atom. The highest BCUT2D eigenvalue weighted by molar-refractivity contribution is 8.01. The van der Waals surface area contributed by atoms with Crippen molar-refractivity contribution in [2.45, 2.75) is 11.3 Å². The Bertz CT molecular complexity index is 847. The first-order valence-corrected chi connectivity index (χ1v) is 9.26. The van der Waals surface area contributed by atoms with Crippen molar-refractivity contribution in [3.63, 3.8) is 0 Å². The molecule has 1 aromatic heterocycles. The van der Waals surface area contributed by atoms with Crippen LogP contribution in [-0.4, -0.2) is 23.3 Å². The third kappa shape index (κ3) is 4.18. The molecule has 0 bridgehead atoms. The van der Waals surface area contributed by atoms with E-state index < -0.39 is 0 Å². The number of nitrogens with zero attached hydrogens (tertiary/aromatic N) is 1. The Kier molecular flexibility index (Phi) is 5.22. The summed E-state index contributed by atoms with van der Waals surface area (Å²) in [7, 11) is 0. The molecular weight excluding hydrogens is 342 g/mol. The van der Waals surface area contributed by atoms with E-state index in [1.54, 1.807) is 11.3 Å². The van der Waals surface area contributed by atoms with E-state index >= 15 is 0 Å². The molecule has 124 valence electrons. The number of nitrogens with two attached hydrogens (primary N) is 1. The summed E-state index contributed by atoms with van der Waals surface area (Å²) >= 11 is 2.96. The number of hydrogen-bond acceptors (Lipinski definition) is 6. The maximum absolute atomic E-state index is 12.1. The van der Waals surface area contributed by atoms with Crippen LogP contribution < -0.4 is 15.8 Å². The smallest absolute Gasteiger partial charge is 0.234 e. The van der Waals surface area contributed by atoms with Crippen molar-refractivity contribution in [2.75, 3.05) is 23.4 Å². The fraction of sp³-hybridized carbons (Fsp3) is 0.176. The molecule has 0 aliphatic carbocycles. The molecule has 1 amide bonds. The molecule has 0 unspecified atom stereocenters. The maximum Gasteiger partial charge on any atom is 0.234 e. The zero-order chi connectivity index (χ0) is 16.9. The predicted molar refractivity (Wildman–Crippen MR) is 101 cm³/mol. The van der Waals surface area contributed by atoms with Gasteiger partial charge in [0, 0.05) is 11.4 Å². The molecule has 0 fully saturated rings. The molecule has 0 spiro atoms. The molecule has 3 aromatic rings. The lowest BCUT2D eigenvalue weighted by molar-refractivity contribution is -0.113. The average molecular weight is 359 g/mol. The van der Waals surface area contributed by atoms with Gasteiger partial charge in [0.05, 0.1) is 22.6 Å². The number of anilines is 2. The number of thioether (sulfide) groups is 1. The molecule has 3 N–H and O–H groups in total. The lowest BCUT2D eigenvalue weighted by Gasteiger charge is -2.06. The number of ether oxygens (including phenoxy) is 1. The van der Waals surface area contributed by atoms with Gasteiger partial charge >= 0.3 is 0 Å². The van der Waals surface area contributed by atoms with Crippen molar-refractivity contribution in [3.8, 4) is 5.75 Å². The van der Waals surface area contributed by atoms with E-state index in [0.717, 1.165) is 31.7 Å². The number of nitrogen functional groups attached to an aromatic ring is 1. The van der Waals surface area contributed by atoms with Crippen molar-refractivity contribution in [2.24, 2.45) is 0 Å². The zero-order valence-corrected chi connectivity index (χ0v) is 14.7. The van der Waals surface area contributed by atoms with Gasteiger partial charge in [-0.25, -0.2) is 4.98 Å². The minimum atomic E-state index is -0.0667. The van der Waals surface area contributed by atoms with Gasteiger partial charge in [-0.15, -0.1) is 11.3 Å². The summed E-state index contributed by atoms with van der Waals surface area (Å²) in [5.74, 6) is 1.03. The number of fused-ring (bicyclic) bond motifs is 1. The van der Waals surface area contributed by atoms with E-state index in [2.05, 4.69) is 10.3 Å². The van der Waals surface area contributed by atoms with E-state index in [1.165, 1.54) is 11.8 Å². The maximum atomic E-state index is 12.1. The van der Waals surface area contributed by atoms with Crippen molar-refractivity contribution >= 4 is 50.6 Å². The van der Waals surface area contributed by atoms with E-state index in [9.17, 15) is 4.79 Å². The van der Waals surface area contributed by atoms with Crippen molar-refractivity contribution in [1.82, 2.24) is 4.98 Å². The summed E-state index contributed by atoms with van der Waals surface area (Å²) in [5, 5.41) is 2.87. The summed E-state index contributed by atoms with van der Waals surface area (Å²) in [6, 6.07) is 13.0. The molecule has 0 radical (unpaired) electrons. The van der Waals surface area contributed by atoms with Crippen LogP contribution in [0.1, 0.15) is 6.92 Å². The predicted octanol–water partition coefficient (Wildman–Crippen LogP) is 4.01. The number of carbonyl (C=O) groups is 1. The van der Waals surface area contributed by atoms with Gasteiger partial charge in [-0.1, -0.05) is 11.8 Å². The number of amides is 1. The zero-order valence-electron chi connectivity index (χ0n) is 13.1. The highest BCUT2D eigenvalue weighted by Crippen LogP contribution is 2.30. The fourth-order valence-corrected chi connectivity index (χ4v) is 4.02. The lowest BCUT2D eigenvalue weighted by atomic mass is 10.3. The Morgan fingerprint density at radius 1 is 1.29 bits per heavy atom. The number of hydrogen-bond donors (Lipinski definition) is 2. The van der Waals surface area contributed by atoms with Gasteiger partial charge in [-0.3, -0.25) is 4.79 Å². The SMILES string of the molecule is CCOc1ccc(NC(=O)CSc2nc3ccc(N)cc3s2)cc1. The monoisotopic (exact) mass is 359 g/mol. The third-order valence-corrected chi connectivity index (χ3v) is 5.33. The molecule has 24 heavy (non-hydrogen) atoms. The van der Waals surface area contributed by atoms with Gasteiger partial charge in [0.2, 0.25) is 5.91 Å². The molecule has 0 atom stereocenters. The van der Waals surface area contributed by atoms with Crippen molar-refractivity contribution < 1.29 is 9.53 Å². The number of thiazole rings is 1. The van der Waals surface area contributed by atoms with Crippen LogP contribution in [0.2, 0.25) is 0 Å². The molecule has 0 aliphatic heterocycles. The van der Waals surface area contributed by atoms with Crippen molar-refractivity contribution in [1.29, 1.82) is 0 Å². The van der Waals surface area contributed by atoms with Gasteiger partial charge in [0.15, 0.2) is 4.34 Å². The number of aromatic nitrogens is 1. The second-order valence-corrected chi connectivity index (χ2v) is 7.25. The van der Waals surface area contributed by atoms with Crippen LogP contribution >= 0.6 is 23.1 Å². The van der Waals surface area contributed by atoms with Gasteiger partial charge in [-0.2, -0.15) is 0 Å². The standard InChI is InChI=1S/C17H17N3O2S2/c1-2-22-13-6-4-12(5-7-13)19-16(21)10-23-17-20-14-8-3-11(18)9-15(14)24-17/h3-9H,2,10,18H2,1H3,(H,19,21). The fourth-order valence-electron chi connectivity index (χ4n) is 2.11. The molecule has 2 aromatic carbocycles. The van der Waals surface area contributed by atoms with Gasteiger partial charge in [-0.05, 0) is 49.4 Å². The Hall–Kier alpha value is -2.25. The molecular formula is C17H17N3O2S2. The first-order valence-electron chi connectivity index (χ1n) is 7.45. The summed E-state index contributed by atoms with van der Waals surface area (Å²) in [6.07, 6.45) is 0. The van der Waals surface area contributed by atoms with E-state index in [0.29, 0.717) is 12.4 Å². The van der Waals surface area contributed by atoms with Crippen LogP contribution in [-0.2, 0) is 4.79 Å². The van der Waals surface area contributed by atoms with Crippen LogP contribution in [0.3, 0.4) is 0 Å². The normalized spacial score (nSPS) is 10.7. The minimum Gasteiger partial charge on any atom is -0.494 e.